The van der Waals surface area contributed by atoms with Crippen LogP contribution in [0.3, 0.4) is 0 Å². The molecule has 0 aliphatic rings. The number of aromatic nitrogens is 1. The molecule has 0 amide bonds. The van der Waals surface area contributed by atoms with Gasteiger partial charge in [-0.25, -0.2) is 0 Å². The molecule has 2 aromatic carbocycles. The number of hydrogen-bond donors (Lipinski definition) is 1. The number of benzene rings is 2. The second-order valence-corrected chi connectivity index (χ2v) is 5.72. The van der Waals surface area contributed by atoms with E-state index in [1.165, 1.54) is 11.1 Å². The lowest BCUT2D eigenvalue weighted by Gasteiger charge is -2.04. The Morgan fingerprint density at radius 2 is 1.68 bits per heavy atom. The van der Waals surface area contributed by atoms with Gasteiger partial charge in [0.15, 0.2) is 0 Å². The fourth-order valence-electron chi connectivity index (χ4n) is 2.50. The van der Waals surface area contributed by atoms with Gasteiger partial charge in [0.25, 0.3) is 0 Å². The minimum atomic E-state index is 0.556. The van der Waals surface area contributed by atoms with Gasteiger partial charge in [0, 0.05) is 16.3 Å². The van der Waals surface area contributed by atoms with Crippen LogP contribution < -0.4 is 0 Å². The molecule has 1 N–H and O–H groups in total. The van der Waals surface area contributed by atoms with Crippen LogP contribution in [-0.2, 0) is 18.0 Å². The molecule has 0 radical (unpaired) electrons. The molecule has 2 nitrogen and oxygen atoms in total. The number of rotatable bonds is 5. The zero-order chi connectivity index (χ0) is 15.4. The second kappa shape index (κ2) is 6.82. The quantitative estimate of drug-likeness (QED) is 0.674. The summed E-state index contributed by atoms with van der Waals surface area (Å²) in [5.74, 6) is 0. The van der Waals surface area contributed by atoms with Gasteiger partial charge in [-0.15, -0.1) is 0 Å². The first-order valence-electron chi connectivity index (χ1n) is 7.29. The lowest BCUT2D eigenvalue weighted by atomic mass is 10.1. The molecular formula is C19H18ClNO. The molecule has 0 unspecified atom stereocenters. The number of nitrogens with one attached hydrogen (secondary N) is 1. The van der Waals surface area contributed by atoms with Crippen molar-refractivity contribution in [3.63, 3.8) is 0 Å². The van der Waals surface area contributed by atoms with Crippen molar-refractivity contribution in [3.8, 4) is 11.3 Å². The minimum Gasteiger partial charge on any atom is -0.371 e. The van der Waals surface area contributed by atoms with Gasteiger partial charge in [0.2, 0.25) is 0 Å². The monoisotopic (exact) mass is 311 g/mol. The van der Waals surface area contributed by atoms with Crippen molar-refractivity contribution in [3.05, 3.63) is 82.5 Å². The Hall–Kier alpha value is -2.03. The van der Waals surface area contributed by atoms with Crippen molar-refractivity contribution in [2.24, 2.45) is 0 Å². The highest BCUT2D eigenvalue weighted by molar-refractivity contribution is 6.33. The molecule has 3 heteroatoms. The van der Waals surface area contributed by atoms with E-state index < -0.39 is 0 Å². The molecule has 112 valence electrons. The predicted molar refractivity (Wildman–Crippen MR) is 90.9 cm³/mol. The van der Waals surface area contributed by atoms with Crippen LogP contribution in [0.2, 0.25) is 5.02 Å². The van der Waals surface area contributed by atoms with Gasteiger partial charge in [0.05, 0.1) is 18.9 Å². The summed E-state index contributed by atoms with van der Waals surface area (Å²) in [6.07, 6.45) is 0. The predicted octanol–water partition coefficient (Wildman–Crippen LogP) is 5.36. The van der Waals surface area contributed by atoms with Gasteiger partial charge in [-0.05, 0) is 30.2 Å². The molecule has 0 atom stereocenters. The largest absolute Gasteiger partial charge is 0.371 e. The third kappa shape index (κ3) is 3.41. The van der Waals surface area contributed by atoms with Crippen molar-refractivity contribution in [1.29, 1.82) is 0 Å². The van der Waals surface area contributed by atoms with Crippen molar-refractivity contribution in [2.75, 3.05) is 0 Å². The molecular weight excluding hydrogens is 294 g/mol. The highest BCUT2D eigenvalue weighted by atomic mass is 35.5. The summed E-state index contributed by atoms with van der Waals surface area (Å²) >= 11 is 6.27. The van der Waals surface area contributed by atoms with Crippen molar-refractivity contribution < 1.29 is 4.74 Å². The van der Waals surface area contributed by atoms with Gasteiger partial charge in [0.1, 0.15) is 0 Å². The summed E-state index contributed by atoms with van der Waals surface area (Å²) in [4.78, 5) is 3.42. The first-order chi connectivity index (χ1) is 10.7. The zero-order valence-corrected chi connectivity index (χ0v) is 13.2. The molecule has 0 saturated heterocycles. The molecule has 0 saturated carbocycles. The number of halogens is 1. The maximum atomic E-state index is 6.27. The number of aryl methyl sites for hydroxylation is 1. The van der Waals surface area contributed by atoms with E-state index in [9.17, 15) is 0 Å². The van der Waals surface area contributed by atoms with E-state index in [-0.39, 0.29) is 0 Å². The zero-order valence-electron chi connectivity index (χ0n) is 12.5. The Morgan fingerprint density at radius 3 is 2.45 bits per heavy atom. The molecule has 0 fully saturated rings. The van der Waals surface area contributed by atoms with Crippen LogP contribution in [0.5, 0.6) is 0 Å². The fraction of sp³-hybridized carbons (Fsp3) is 0.158. The third-order valence-corrected chi connectivity index (χ3v) is 3.91. The van der Waals surface area contributed by atoms with E-state index in [0.29, 0.717) is 13.2 Å². The van der Waals surface area contributed by atoms with Gasteiger partial charge in [-0.1, -0.05) is 60.1 Å². The van der Waals surface area contributed by atoms with Crippen LogP contribution in [0, 0.1) is 6.92 Å². The molecule has 3 aromatic rings. The summed E-state index contributed by atoms with van der Waals surface area (Å²) in [6.45, 7) is 3.25. The second-order valence-electron chi connectivity index (χ2n) is 5.31. The van der Waals surface area contributed by atoms with E-state index >= 15 is 0 Å². The van der Waals surface area contributed by atoms with Gasteiger partial charge < -0.3 is 9.72 Å². The summed E-state index contributed by atoms with van der Waals surface area (Å²) in [5.41, 5.74) is 5.49. The van der Waals surface area contributed by atoms with Crippen LogP contribution in [-0.4, -0.2) is 4.98 Å². The third-order valence-electron chi connectivity index (χ3n) is 3.58. The topological polar surface area (TPSA) is 25.0 Å². The van der Waals surface area contributed by atoms with Crippen LogP contribution in [0.1, 0.15) is 16.8 Å². The standard InChI is InChI=1S/C19H18ClNO/c1-14-11-16(13-22-12-15-7-3-2-4-8-15)21-19(14)17-9-5-6-10-18(17)20/h2-11,21H,12-13H2,1H3. The highest BCUT2D eigenvalue weighted by Gasteiger charge is 2.09. The van der Waals surface area contributed by atoms with Crippen LogP contribution in [0.25, 0.3) is 11.3 Å². The van der Waals surface area contributed by atoms with E-state index in [2.05, 4.69) is 30.1 Å². The Bertz CT molecular complexity index is 749. The van der Waals surface area contributed by atoms with E-state index in [0.717, 1.165) is 22.0 Å². The Labute approximate surface area is 135 Å². The maximum absolute atomic E-state index is 6.27. The lowest BCUT2D eigenvalue weighted by molar-refractivity contribution is 0.105. The first kappa shape index (κ1) is 14.9. The molecule has 22 heavy (non-hydrogen) atoms. The normalized spacial score (nSPS) is 10.8. The molecule has 0 bridgehead atoms. The molecule has 1 heterocycles. The smallest absolute Gasteiger partial charge is 0.0870 e. The molecule has 3 rings (SSSR count). The Morgan fingerprint density at radius 1 is 0.955 bits per heavy atom. The fourth-order valence-corrected chi connectivity index (χ4v) is 2.73. The summed E-state index contributed by atoms with van der Waals surface area (Å²) in [5, 5.41) is 0.754. The minimum absolute atomic E-state index is 0.556. The van der Waals surface area contributed by atoms with Crippen molar-refractivity contribution in [2.45, 2.75) is 20.1 Å². The van der Waals surface area contributed by atoms with E-state index in [1.807, 2.05) is 42.5 Å². The van der Waals surface area contributed by atoms with Crippen LogP contribution >= 0.6 is 11.6 Å². The SMILES string of the molecule is Cc1cc(COCc2ccccc2)[nH]c1-c1ccccc1Cl. The summed E-state index contributed by atoms with van der Waals surface area (Å²) in [6, 6.07) is 20.2. The van der Waals surface area contributed by atoms with Gasteiger partial charge in [-0.2, -0.15) is 0 Å². The first-order valence-corrected chi connectivity index (χ1v) is 7.67. The average Bonchev–Trinajstić information content (AvgIpc) is 2.90. The number of ether oxygens (including phenoxy) is 1. The average molecular weight is 312 g/mol. The number of aromatic amines is 1. The molecule has 1 aromatic heterocycles. The molecule has 0 aliphatic carbocycles. The van der Waals surface area contributed by atoms with Crippen molar-refractivity contribution >= 4 is 11.6 Å². The number of H-pyrrole nitrogens is 1. The van der Waals surface area contributed by atoms with Crippen LogP contribution in [0.15, 0.2) is 60.7 Å². The molecule has 0 aliphatic heterocycles. The van der Waals surface area contributed by atoms with Gasteiger partial charge in [-0.3, -0.25) is 0 Å². The summed E-state index contributed by atoms with van der Waals surface area (Å²) in [7, 11) is 0. The lowest BCUT2D eigenvalue weighted by Crippen LogP contribution is -1.94. The van der Waals surface area contributed by atoms with Crippen molar-refractivity contribution in [1.82, 2.24) is 4.98 Å². The number of hydrogen-bond acceptors (Lipinski definition) is 1. The van der Waals surface area contributed by atoms with Crippen LogP contribution in [0.4, 0.5) is 0 Å². The van der Waals surface area contributed by atoms with Gasteiger partial charge >= 0.3 is 0 Å². The van der Waals surface area contributed by atoms with E-state index in [1.54, 1.807) is 0 Å². The van der Waals surface area contributed by atoms with E-state index in [4.69, 9.17) is 16.3 Å². The molecule has 0 spiro atoms. The highest BCUT2D eigenvalue weighted by Crippen LogP contribution is 2.29. The Balaban J connectivity index is 1.69. The summed E-state index contributed by atoms with van der Waals surface area (Å²) < 4.78 is 5.78. The Kier molecular flexibility index (Phi) is 4.62. The maximum Gasteiger partial charge on any atom is 0.0870 e.